The van der Waals surface area contributed by atoms with Gasteiger partial charge in [0.2, 0.25) is 0 Å². The molecule has 180 valence electrons. The molecule has 5 fully saturated rings. The second kappa shape index (κ2) is 8.34. The molecule has 0 N–H and O–H groups in total. The smallest absolute Gasteiger partial charge is 0.163 e. The van der Waals surface area contributed by atoms with Crippen molar-refractivity contribution >= 4 is 6.21 Å². The molecular formula is C28H47N3O. The van der Waals surface area contributed by atoms with Gasteiger partial charge in [-0.2, -0.15) is 0 Å². The Kier molecular flexibility index (Phi) is 5.75. The van der Waals surface area contributed by atoms with E-state index in [1.54, 1.807) is 0 Å². The molecule has 8 atom stereocenters. The van der Waals surface area contributed by atoms with Gasteiger partial charge in [-0.15, -0.1) is 0 Å². The number of likely N-dealkylation sites (tertiary alicyclic amines) is 2. The van der Waals surface area contributed by atoms with Crippen LogP contribution in [0.25, 0.3) is 0 Å². The lowest BCUT2D eigenvalue weighted by atomic mass is 9.67. The van der Waals surface area contributed by atoms with E-state index in [0.717, 1.165) is 30.5 Å². The molecule has 0 radical (unpaired) electrons. The summed E-state index contributed by atoms with van der Waals surface area (Å²) < 4.78 is 7.39. The van der Waals surface area contributed by atoms with Crippen molar-refractivity contribution in [1.29, 1.82) is 0 Å². The van der Waals surface area contributed by atoms with E-state index in [4.69, 9.17) is 9.73 Å². The van der Waals surface area contributed by atoms with Crippen LogP contribution in [0.2, 0.25) is 0 Å². The first-order valence-electron chi connectivity index (χ1n) is 14.3. The Labute approximate surface area is 196 Å². The first kappa shape index (κ1) is 22.0. The average molecular weight is 442 g/mol. The normalized spacial score (nSPS) is 48.5. The Hall–Kier alpha value is -0.450. The van der Waals surface area contributed by atoms with Gasteiger partial charge >= 0.3 is 0 Å². The molecule has 0 aromatic heterocycles. The van der Waals surface area contributed by atoms with Gasteiger partial charge in [-0.1, -0.05) is 46.5 Å². The first-order chi connectivity index (χ1) is 15.5. The van der Waals surface area contributed by atoms with Gasteiger partial charge in [0.25, 0.3) is 0 Å². The Morgan fingerprint density at radius 1 is 0.938 bits per heavy atom. The maximum Gasteiger partial charge on any atom is 0.163 e. The number of ether oxygens (including phenoxy) is 1. The highest BCUT2D eigenvalue weighted by molar-refractivity contribution is 5.72. The summed E-state index contributed by atoms with van der Waals surface area (Å²) in [6.07, 6.45) is 20.3. The number of rotatable bonds is 3. The van der Waals surface area contributed by atoms with Gasteiger partial charge in [0.15, 0.2) is 5.72 Å². The first-order valence-corrected chi connectivity index (χ1v) is 14.3. The van der Waals surface area contributed by atoms with Gasteiger partial charge < -0.3 is 4.74 Å². The van der Waals surface area contributed by atoms with Crippen molar-refractivity contribution in [3.8, 4) is 0 Å². The molecular weight excluding hydrogens is 394 g/mol. The van der Waals surface area contributed by atoms with Crippen molar-refractivity contribution in [2.45, 2.75) is 140 Å². The number of nitrogens with zero attached hydrogens (tertiary/aromatic N) is 3. The highest BCUT2D eigenvalue weighted by atomic mass is 16.5. The summed E-state index contributed by atoms with van der Waals surface area (Å²) in [5.74, 6) is 1.72. The third-order valence-corrected chi connectivity index (χ3v) is 10.9. The molecule has 0 aromatic rings. The SMILES string of the molecule is CCCN1C2CCCCC2C(C)(C)C12C=NC1CCC(N3CCC4CCCCC43)CC1O2. The molecule has 6 aliphatic rings. The minimum absolute atomic E-state index is 0.136. The van der Waals surface area contributed by atoms with E-state index < -0.39 is 0 Å². The van der Waals surface area contributed by atoms with Gasteiger partial charge in [0.05, 0.1) is 12.1 Å². The topological polar surface area (TPSA) is 28.1 Å². The Morgan fingerprint density at radius 3 is 2.56 bits per heavy atom. The minimum Gasteiger partial charge on any atom is -0.349 e. The van der Waals surface area contributed by atoms with Crippen molar-refractivity contribution in [1.82, 2.24) is 9.80 Å². The van der Waals surface area contributed by atoms with Crippen molar-refractivity contribution in [2.24, 2.45) is 22.2 Å². The van der Waals surface area contributed by atoms with Crippen LogP contribution in [-0.4, -0.2) is 65.1 Å². The lowest BCUT2D eigenvalue weighted by molar-refractivity contribution is -0.194. The van der Waals surface area contributed by atoms with Crippen LogP contribution in [0.1, 0.15) is 104 Å². The van der Waals surface area contributed by atoms with Crippen molar-refractivity contribution in [3.05, 3.63) is 0 Å². The lowest BCUT2D eigenvalue weighted by Gasteiger charge is -2.52. The van der Waals surface area contributed by atoms with Gasteiger partial charge in [0, 0.05) is 36.3 Å². The molecule has 1 spiro atoms. The van der Waals surface area contributed by atoms with Crippen LogP contribution in [0.4, 0.5) is 0 Å². The summed E-state index contributed by atoms with van der Waals surface area (Å²) in [7, 11) is 0. The molecule has 3 aliphatic heterocycles. The standard InChI is InChI=1S/C28H47N3O/c1-4-16-31-25-12-8-6-10-22(25)27(2,3)28(31)19-29-23-14-13-21(18-26(23)32-28)30-17-15-20-9-5-7-11-24(20)30/h19-26H,4-18H2,1-3H3. The van der Waals surface area contributed by atoms with Crippen LogP contribution in [-0.2, 0) is 4.74 Å². The average Bonchev–Trinajstić information content (AvgIpc) is 3.32. The van der Waals surface area contributed by atoms with Gasteiger partial charge in [-0.3, -0.25) is 14.8 Å². The fourth-order valence-electron chi connectivity index (χ4n) is 9.29. The monoisotopic (exact) mass is 441 g/mol. The van der Waals surface area contributed by atoms with Crippen LogP contribution in [0.3, 0.4) is 0 Å². The maximum absolute atomic E-state index is 7.39. The highest BCUT2D eigenvalue weighted by Crippen LogP contribution is 2.58. The summed E-state index contributed by atoms with van der Waals surface area (Å²) in [6.45, 7) is 9.83. The van der Waals surface area contributed by atoms with E-state index in [2.05, 4.69) is 36.8 Å². The third kappa shape index (κ3) is 3.22. The molecule has 4 heteroatoms. The molecule has 8 unspecified atom stereocenters. The second-order valence-corrected chi connectivity index (χ2v) is 12.7. The number of hydrogen-bond acceptors (Lipinski definition) is 4. The molecule has 32 heavy (non-hydrogen) atoms. The fraction of sp³-hybridized carbons (Fsp3) is 0.964. The zero-order valence-corrected chi connectivity index (χ0v) is 21.0. The van der Waals surface area contributed by atoms with Gasteiger partial charge in [0.1, 0.15) is 0 Å². The van der Waals surface area contributed by atoms with Crippen LogP contribution in [0.5, 0.6) is 0 Å². The van der Waals surface area contributed by atoms with E-state index in [0.29, 0.717) is 18.2 Å². The van der Waals surface area contributed by atoms with Crippen LogP contribution in [0, 0.1) is 17.3 Å². The summed E-state index contributed by atoms with van der Waals surface area (Å²) >= 11 is 0. The molecule has 6 rings (SSSR count). The maximum atomic E-state index is 7.39. The molecule has 0 amide bonds. The molecule has 4 nitrogen and oxygen atoms in total. The van der Waals surface area contributed by atoms with Crippen molar-refractivity contribution < 1.29 is 4.74 Å². The molecule has 2 saturated heterocycles. The van der Waals surface area contributed by atoms with Crippen LogP contribution < -0.4 is 0 Å². The second-order valence-electron chi connectivity index (χ2n) is 12.7. The number of aliphatic imine (C=N–C) groups is 1. The van der Waals surface area contributed by atoms with Crippen molar-refractivity contribution in [3.63, 3.8) is 0 Å². The summed E-state index contributed by atoms with van der Waals surface area (Å²) in [5.41, 5.74) is -0.152. The molecule has 3 aliphatic carbocycles. The van der Waals surface area contributed by atoms with E-state index in [9.17, 15) is 0 Å². The van der Waals surface area contributed by atoms with Gasteiger partial charge in [-0.25, -0.2) is 0 Å². The van der Waals surface area contributed by atoms with E-state index in [1.165, 1.54) is 90.0 Å². The fourth-order valence-corrected chi connectivity index (χ4v) is 9.29. The zero-order chi connectivity index (χ0) is 21.9. The molecule has 0 bridgehead atoms. The van der Waals surface area contributed by atoms with E-state index in [-0.39, 0.29) is 11.1 Å². The Morgan fingerprint density at radius 2 is 1.72 bits per heavy atom. The predicted octanol–water partition coefficient (Wildman–Crippen LogP) is 5.65. The lowest BCUT2D eigenvalue weighted by Crippen LogP contribution is -2.63. The minimum atomic E-state index is -0.288. The van der Waals surface area contributed by atoms with E-state index >= 15 is 0 Å². The third-order valence-electron chi connectivity index (χ3n) is 10.9. The number of fused-ring (bicyclic) bond motifs is 3. The van der Waals surface area contributed by atoms with Crippen molar-refractivity contribution in [2.75, 3.05) is 13.1 Å². The van der Waals surface area contributed by atoms with Crippen LogP contribution >= 0.6 is 0 Å². The molecule has 3 saturated carbocycles. The largest absolute Gasteiger partial charge is 0.349 e. The van der Waals surface area contributed by atoms with E-state index in [1.807, 2.05) is 0 Å². The Bertz CT molecular complexity index is 721. The summed E-state index contributed by atoms with van der Waals surface area (Å²) in [5, 5.41) is 0. The predicted molar refractivity (Wildman–Crippen MR) is 131 cm³/mol. The zero-order valence-electron chi connectivity index (χ0n) is 21.0. The Balaban J connectivity index is 1.26. The molecule has 0 aromatic carbocycles. The highest BCUT2D eigenvalue weighted by Gasteiger charge is 2.65. The summed E-state index contributed by atoms with van der Waals surface area (Å²) in [4.78, 5) is 11.0. The summed E-state index contributed by atoms with van der Waals surface area (Å²) in [6, 6.07) is 2.67. The van der Waals surface area contributed by atoms with Gasteiger partial charge in [-0.05, 0) is 76.2 Å². The van der Waals surface area contributed by atoms with Crippen LogP contribution in [0.15, 0.2) is 4.99 Å². The molecule has 3 heterocycles. The quantitative estimate of drug-likeness (QED) is 0.567. The number of hydrogen-bond donors (Lipinski definition) is 0.